The highest BCUT2D eigenvalue weighted by Gasteiger charge is 2.54. The van der Waals surface area contributed by atoms with Gasteiger partial charge in [-0.05, 0) is 73.4 Å². The lowest BCUT2D eigenvalue weighted by Gasteiger charge is -2.47. The number of aliphatic hydroxyl groups is 3. The molecule has 13 atom stereocenters. The van der Waals surface area contributed by atoms with Gasteiger partial charge in [0.15, 0.2) is 12.1 Å². The first-order chi connectivity index (χ1) is 19.4. The third kappa shape index (κ3) is 7.08. The molecule has 42 heavy (non-hydrogen) atoms. The Morgan fingerprint density at radius 1 is 0.952 bits per heavy atom. The molecule has 242 valence electrons. The lowest BCUT2D eigenvalue weighted by molar-refractivity contribution is -0.295. The Morgan fingerprint density at radius 2 is 1.55 bits per heavy atom. The van der Waals surface area contributed by atoms with Crippen LogP contribution < -0.4 is 0 Å². The molecule has 0 bridgehead atoms. The van der Waals surface area contributed by atoms with Crippen LogP contribution in [0.4, 0.5) is 0 Å². The smallest absolute Gasteiger partial charge is 0.316 e. The summed E-state index contributed by atoms with van der Waals surface area (Å²) in [5.41, 5.74) is -3.16. The molecular formula is C31H53NO10. The molecule has 11 heteroatoms. The lowest BCUT2D eigenvalue weighted by atomic mass is 9.74. The fourth-order valence-electron chi connectivity index (χ4n) is 6.87. The van der Waals surface area contributed by atoms with Crippen LogP contribution in [0.1, 0.15) is 74.1 Å². The Bertz CT molecular complexity index is 983. The summed E-state index contributed by atoms with van der Waals surface area (Å²) in [7, 11) is 5.18. The van der Waals surface area contributed by atoms with Crippen LogP contribution in [0.15, 0.2) is 0 Å². The molecule has 1 saturated carbocycles. The van der Waals surface area contributed by atoms with Gasteiger partial charge in [0, 0.05) is 30.9 Å². The molecule has 1 aliphatic carbocycles. The fourth-order valence-corrected chi connectivity index (χ4v) is 6.87. The van der Waals surface area contributed by atoms with Crippen molar-refractivity contribution in [1.29, 1.82) is 0 Å². The van der Waals surface area contributed by atoms with Gasteiger partial charge in [-0.3, -0.25) is 14.4 Å². The van der Waals surface area contributed by atoms with Crippen LogP contribution in [0.2, 0.25) is 0 Å². The number of hydrogen-bond donors (Lipinski definition) is 3. The number of esters is 1. The molecule has 0 radical (unpaired) electrons. The molecule has 2 heterocycles. The molecule has 3 rings (SSSR count). The van der Waals surface area contributed by atoms with Crippen molar-refractivity contribution in [2.75, 3.05) is 21.2 Å². The third-order valence-corrected chi connectivity index (χ3v) is 9.90. The maximum absolute atomic E-state index is 13.9. The summed E-state index contributed by atoms with van der Waals surface area (Å²) in [5.74, 6) is -5.61. The number of hydrogen-bond acceptors (Lipinski definition) is 11. The first kappa shape index (κ1) is 35.0. The highest BCUT2D eigenvalue weighted by atomic mass is 16.7. The van der Waals surface area contributed by atoms with Crippen molar-refractivity contribution in [2.45, 2.75) is 128 Å². The summed E-state index contributed by atoms with van der Waals surface area (Å²) < 4.78 is 24.2. The number of ketones is 2. The Morgan fingerprint density at radius 3 is 2.07 bits per heavy atom. The van der Waals surface area contributed by atoms with Crippen molar-refractivity contribution < 1.29 is 48.7 Å². The van der Waals surface area contributed by atoms with E-state index in [1.807, 2.05) is 25.9 Å². The van der Waals surface area contributed by atoms with Crippen molar-refractivity contribution in [2.24, 2.45) is 29.6 Å². The van der Waals surface area contributed by atoms with Crippen LogP contribution in [-0.4, -0.2) is 113 Å². The van der Waals surface area contributed by atoms with Crippen LogP contribution in [0.25, 0.3) is 0 Å². The van der Waals surface area contributed by atoms with E-state index in [0.29, 0.717) is 19.3 Å². The summed E-state index contributed by atoms with van der Waals surface area (Å²) in [6, 6.07) is -0.263. The summed E-state index contributed by atoms with van der Waals surface area (Å²) in [5, 5.41) is 33.9. The standard InChI is InChI=1S/C31H53NO10/c1-15-14-30(6,39-10)26(42-29-24(35)21(32(8)9)13-16(2)40-29)18(4)23(34)19(5)28(37)41-27(20-11-12-20)31(7,38)25(36)17(3)22(15)33/h15-21,24-27,29,35-36,38H,11-14H2,1-10H3/t15-,16-,17+,18+,19-,21+,24-,25-,26-,27?,29?,30+,31+/m1/s1. The molecule has 3 fully saturated rings. The van der Waals surface area contributed by atoms with Crippen LogP contribution in [0, 0.1) is 29.6 Å². The number of likely N-dealkylation sites (N-methyl/N-ethyl adjacent to an activating group) is 1. The van der Waals surface area contributed by atoms with Gasteiger partial charge in [-0.25, -0.2) is 0 Å². The van der Waals surface area contributed by atoms with Gasteiger partial charge in [0.1, 0.15) is 29.5 Å². The van der Waals surface area contributed by atoms with Crippen LogP contribution in [0.3, 0.4) is 0 Å². The first-order valence-electron chi connectivity index (χ1n) is 15.3. The molecule has 0 spiro atoms. The predicted molar refractivity (Wildman–Crippen MR) is 153 cm³/mol. The van der Waals surface area contributed by atoms with E-state index in [2.05, 4.69) is 0 Å². The number of carbonyl (C=O) groups is 3. The van der Waals surface area contributed by atoms with Crippen molar-refractivity contribution in [3.63, 3.8) is 0 Å². The topological polar surface area (TPSA) is 152 Å². The SMILES string of the molecule is CO[C@@]1(C)C[C@@H](C)C(=O)[C@H](C)[C@@H](O)[C@](C)(O)C(C2CC2)OC(=O)[C@H](C)C(=O)[C@H](C)[C@H]1OC1O[C@H](C)C[C@H](N(C)C)[C@H]1O. The fraction of sp³-hybridized carbons (Fsp3) is 0.903. The third-order valence-electron chi connectivity index (χ3n) is 9.90. The molecule has 11 nitrogen and oxygen atoms in total. The summed E-state index contributed by atoms with van der Waals surface area (Å²) >= 11 is 0. The van der Waals surface area contributed by atoms with Gasteiger partial charge in [-0.15, -0.1) is 0 Å². The van der Waals surface area contributed by atoms with Crippen molar-refractivity contribution in [1.82, 2.24) is 4.90 Å². The number of cyclic esters (lactones) is 1. The van der Waals surface area contributed by atoms with E-state index in [1.165, 1.54) is 21.0 Å². The summed E-state index contributed by atoms with van der Waals surface area (Å²) in [6.45, 7) is 11.3. The number of carbonyl (C=O) groups excluding carboxylic acids is 3. The van der Waals surface area contributed by atoms with Gasteiger partial charge in [-0.1, -0.05) is 20.8 Å². The number of Topliss-reactive ketones (excluding diaryl/α,β-unsaturated/α-hetero) is 2. The average Bonchev–Trinajstić information content (AvgIpc) is 3.77. The number of nitrogens with zero attached hydrogens (tertiary/aromatic N) is 1. The quantitative estimate of drug-likeness (QED) is 0.313. The number of ether oxygens (including phenoxy) is 4. The largest absolute Gasteiger partial charge is 0.458 e. The highest BCUT2D eigenvalue weighted by Crippen LogP contribution is 2.43. The van der Waals surface area contributed by atoms with Crippen LogP contribution >= 0.6 is 0 Å². The monoisotopic (exact) mass is 599 g/mol. The number of rotatable bonds is 5. The van der Waals surface area contributed by atoms with Gasteiger partial charge >= 0.3 is 5.97 Å². The lowest BCUT2D eigenvalue weighted by Crippen LogP contribution is -2.60. The van der Waals surface area contributed by atoms with Gasteiger partial charge in [0.2, 0.25) is 0 Å². The van der Waals surface area contributed by atoms with E-state index in [4.69, 9.17) is 18.9 Å². The molecule has 2 saturated heterocycles. The Labute approximate surface area is 250 Å². The maximum atomic E-state index is 13.9. The zero-order valence-corrected chi connectivity index (χ0v) is 26.9. The first-order valence-corrected chi connectivity index (χ1v) is 15.3. The van der Waals surface area contributed by atoms with E-state index >= 15 is 0 Å². The average molecular weight is 600 g/mol. The van der Waals surface area contributed by atoms with E-state index in [-0.39, 0.29) is 30.3 Å². The molecule has 0 aromatic carbocycles. The summed E-state index contributed by atoms with van der Waals surface area (Å²) in [6.07, 6.45) is -3.94. The van der Waals surface area contributed by atoms with Crippen LogP contribution in [0.5, 0.6) is 0 Å². The van der Waals surface area contributed by atoms with E-state index in [1.54, 1.807) is 27.7 Å². The van der Waals surface area contributed by atoms with Crippen molar-refractivity contribution >= 4 is 17.5 Å². The highest BCUT2D eigenvalue weighted by molar-refractivity contribution is 6.00. The van der Waals surface area contributed by atoms with Gasteiger partial charge in [0.25, 0.3) is 0 Å². The second-order valence-electron chi connectivity index (χ2n) is 13.7. The van der Waals surface area contributed by atoms with Crippen LogP contribution in [-0.2, 0) is 33.3 Å². The molecule has 0 aromatic heterocycles. The Hall–Kier alpha value is -1.47. The van der Waals surface area contributed by atoms with E-state index in [9.17, 15) is 29.7 Å². The molecule has 3 N–H and O–H groups in total. The number of methoxy groups -OCH3 is 1. The normalized spacial score (nSPS) is 46.8. The molecule has 3 aliphatic rings. The maximum Gasteiger partial charge on any atom is 0.316 e. The molecular weight excluding hydrogens is 546 g/mol. The molecule has 2 unspecified atom stereocenters. The van der Waals surface area contributed by atoms with Crippen molar-refractivity contribution in [3.8, 4) is 0 Å². The Kier molecular flexibility index (Phi) is 11.1. The molecule has 0 amide bonds. The van der Waals surface area contributed by atoms with E-state index in [0.717, 1.165) is 0 Å². The minimum atomic E-state index is -1.91. The number of aliphatic hydroxyl groups excluding tert-OH is 2. The minimum Gasteiger partial charge on any atom is -0.458 e. The molecule has 2 aliphatic heterocycles. The summed E-state index contributed by atoms with van der Waals surface area (Å²) in [4.78, 5) is 42.8. The second-order valence-corrected chi connectivity index (χ2v) is 13.7. The van der Waals surface area contributed by atoms with Gasteiger partial charge in [-0.2, -0.15) is 0 Å². The zero-order valence-electron chi connectivity index (χ0n) is 26.9. The zero-order chi connectivity index (χ0) is 31.9. The predicted octanol–water partition coefficient (Wildman–Crippen LogP) is 1.72. The van der Waals surface area contributed by atoms with Crippen molar-refractivity contribution in [3.05, 3.63) is 0 Å². The second kappa shape index (κ2) is 13.3. The van der Waals surface area contributed by atoms with E-state index < -0.39 is 77.3 Å². The minimum absolute atomic E-state index is 0.101. The Balaban J connectivity index is 2.06. The van der Waals surface area contributed by atoms with Gasteiger partial charge in [0.05, 0.1) is 23.9 Å². The molecule has 0 aromatic rings. The van der Waals surface area contributed by atoms with Gasteiger partial charge < -0.3 is 39.2 Å².